The summed E-state index contributed by atoms with van der Waals surface area (Å²) in [6.07, 6.45) is 27.2. The van der Waals surface area contributed by atoms with Crippen molar-refractivity contribution < 1.29 is 89.4 Å². The topological polar surface area (TPSA) is 307 Å². The van der Waals surface area contributed by atoms with E-state index in [1.165, 1.54) is 6.42 Å². The number of allylic oxidation sites excluding steroid dienone is 15. The molecule has 3 aliphatic rings. The maximum absolute atomic E-state index is 13.3. The molecule has 0 aliphatic carbocycles. The van der Waals surface area contributed by atoms with Crippen LogP contribution in [0.15, 0.2) is 97.2 Å². The third-order valence-electron chi connectivity index (χ3n) is 14.1. The Hall–Kier alpha value is -3.29. The van der Waals surface area contributed by atoms with Crippen LogP contribution in [0.25, 0.3) is 0 Å². The molecule has 12 N–H and O–H groups in total. The summed E-state index contributed by atoms with van der Waals surface area (Å²) in [5, 5.41) is 120. The highest BCUT2D eigenvalue weighted by Crippen LogP contribution is 2.33. The third kappa shape index (κ3) is 27.0. The van der Waals surface area contributed by atoms with Crippen LogP contribution in [0.1, 0.15) is 149 Å². The van der Waals surface area contributed by atoms with E-state index in [9.17, 15) is 61.0 Å². The van der Waals surface area contributed by atoms with E-state index < -0.39 is 124 Å². The summed E-state index contributed by atoms with van der Waals surface area (Å²) >= 11 is 0. The molecule has 1 amide bonds. The number of aliphatic hydroxyl groups excluding tert-OH is 11. The van der Waals surface area contributed by atoms with Crippen molar-refractivity contribution in [1.82, 2.24) is 5.32 Å². The van der Waals surface area contributed by atoms with Gasteiger partial charge in [-0.05, 0) is 77.0 Å². The Morgan fingerprint density at radius 2 is 0.875 bits per heavy atom. The number of carbonyl (C=O) groups is 1. The van der Waals surface area contributed by atoms with E-state index in [-0.39, 0.29) is 18.9 Å². The van der Waals surface area contributed by atoms with E-state index in [0.29, 0.717) is 12.8 Å². The minimum absolute atomic E-state index is 0.218. The first-order valence-corrected chi connectivity index (χ1v) is 29.5. The maximum atomic E-state index is 13.3. The minimum Gasteiger partial charge on any atom is -0.394 e. The third-order valence-corrected chi connectivity index (χ3v) is 14.1. The molecule has 3 heterocycles. The van der Waals surface area contributed by atoms with Crippen LogP contribution in [0.2, 0.25) is 0 Å². The molecule has 0 saturated carbocycles. The van der Waals surface area contributed by atoms with Gasteiger partial charge in [-0.15, -0.1) is 0 Å². The van der Waals surface area contributed by atoms with Gasteiger partial charge in [0.25, 0.3) is 0 Å². The van der Waals surface area contributed by atoms with Gasteiger partial charge in [-0.1, -0.05) is 162 Å². The largest absolute Gasteiger partial charge is 0.394 e. The number of hydrogen-bond acceptors (Lipinski definition) is 18. The summed E-state index contributed by atoms with van der Waals surface area (Å²) in [6, 6.07) is -0.998. The molecular formula is C61H101NO18. The van der Waals surface area contributed by atoms with Crippen LogP contribution in [0, 0.1) is 0 Å². The predicted octanol–water partition coefficient (Wildman–Crippen LogP) is 4.98. The number of ether oxygens (including phenoxy) is 6. The van der Waals surface area contributed by atoms with E-state index >= 15 is 0 Å². The Balaban J connectivity index is 1.42. The van der Waals surface area contributed by atoms with Crippen molar-refractivity contribution in [2.24, 2.45) is 0 Å². The van der Waals surface area contributed by atoms with Crippen LogP contribution in [0.4, 0.5) is 0 Å². The summed E-state index contributed by atoms with van der Waals surface area (Å²) in [4.78, 5) is 13.3. The van der Waals surface area contributed by atoms with Gasteiger partial charge in [-0.2, -0.15) is 0 Å². The number of nitrogens with one attached hydrogen (secondary N) is 1. The van der Waals surface area contributed by atoms with Crippen LogP contribution in [0.5, 0.6) is 0 Å². The van der Waals surface area contributed by atoms with Gasteiger partial charge in [0.2, 0.25) is 5.91 Å². The first-order chi connectivity index (χ1) is 38.8. The molecule has 17 atom stereocenters. The highest BCUT2D eigenvalue weighted by molar-refractivity contribution is 5.76. The van der Waals surface area contributed by atoms with Crippen LogP contribution in [-0.2, 0) is 33.2 Å². The van der Waals surface area contributed by atoms with Gasteiger partial charge in [0.05, 0.1) is 38.6 Å². The Labute approximate surface area is 475 Å². The molecule has 0 aromatic rings. The molecule has 3 saturated heterocycles. The Kier molecular flexibility index (Phi) is 38.5. The van der Waals surface area contributed by atoms with E-state index in [1.807, 2.05) is 6.08 Å². The molecule has 0 spiro atoms. The quantitative estimate of drug-likeness (QED) is 0.0284. The molecule has 0 bridgehead atoms. The summed E-state index contributed by atoms with van der Waals surface area (Å²) in [7, 11) is 0. The molecule has 0 aromatic carbocycles. The fourth-order valence-electron chi connectivity index (χ4n) is 9.25. The summed E-state index contributed by atoms with van der Waals surface area (Å²) in [5.74, 6) is -0.304. The van der Waals surface area contributed by atoms with Crippen LogP contribution in [0.3, 0.4) is 0 Å². The first-order valence-electron chi connectivity index (χ1n) is 29.5. The minimum atomic E-state index is -1.98. The van der Waals surface area contributed by atoms with Gasteiger partial charge < -0.3 is 89.9 Å². The SMILES string of the molecule is CC/C=C\C/C=C\C/C=C\C/C=C\C/C=C\C/C=C\CCCCCCCCCCC(=O)NC(COC1OC(CO)C(OC2OC(CO)C(OC3OC(CO)C(O)C(O)C3O)C(O)C2O)C(O)C1O)C(O)/C=C/CC/C=C/CCCC. The molecule has 3 aliphatic heterocycles. The van der Waals surface area contributed by atoms with Crippen molar-refractivity contribution >= 4 is 5.91 Å². The zero-order valence-corrected chi connectivity index (χ0v) is 47.5. The molecule has 0 radical (unpaired) electrons. The predicted molar refractivity (Wildman–Crippen MR) is 304 cm³/mol. The Morgan fingerprint density at radius 3 is 1.40 bits per heavy atom. The molecule has 3 rings (SSSR count). The smallest absolute Gasteiger partial charge is 0.220 e. The number of rotatable bonds is 41. The van der Waals surface area contributed by atoms with Crippen LogP contribution >= 0.6 is 0 Å². The average Bonchev–Trinajstić information content (AvgIpc) is 3.55. The summed E-state index contributed by atoms with van der Waals surface area (Å²) < 4.78 is 34.1. The maximum Gasteiger partial charge on any atom is 0.220 e. The van der Waals surface area contributed by atoms with E-state index in [4.69, 9.17) is 28.4 Å². The lowest BCUT2D eigenvalue weighted by Gasteiger charge is -2.48. The van der Waals surface area contributed by atoms with Gasteiger partial charge in [0, 0.05) is 6.42 Å². The summed E-state index contributed by atoms with van der Waals surface area (Å²) in [5.41, 5.74) is 0. The van der Waals surface area contributed by atoms with Crippen molar-refractivity contribution in [3.63, 3.8) is 0 Å². The lowest BCUT2D eigenvalue weighted by molar-refractivity contribution is -0.379. The molecule has 80 heavy (non-hydrogen) atoms. The number of amides is 1. The molecule has 458 valence electrons. The number of carbonyl (C=O) groups excluding carboxylic acids is 1. The molecule has 17 unspecified atom stereocenters. The number of aliphatic hydroxyl groups is 11. The summed E-state index contributed by atoms with van der Waals surface area (Å²) in [6.45, 7) is 1.46. The van der Waals surface area contributed by atoms with Gasteiger partial charge in [0.1, 0.15) is 73.2 Å². The zero-order valence-electron chi connectivity index (χ0n) is 47.5. The molecular weight excluding hydrogens is 1030 g/mol. The van der Waals surface area contributed by atoms with Gasteiger partial charge in [0.15, 0.2) is 18.9 Å². The zero-order chi connectivity index (χ0) is 58.3. The monoisotopic (exact) mass is 1140 g/mol. The second-order valence-electron chi connectivity index (χ2n) is 20.7. The average molecular weight is 1140 g/mol. The van der Waals surface area contributed by atoms with Crippen molar-refractivity contribution in [3.8, 4) is 0 Å². The second-order valence-corrected chi connectivity index (χ2v) is 20.7. The normalized spacial score (nSPS) is 30.7. The molecule has 19 nitrogen and oxygen atoms in total. The van der Waals surface area contributed by atoms with E-state index in [0.717, 1.165) is 109 Å². The molecule has 19 heteroatoms. The van der Waals surface area contributed by atoms with E-state index in [2.05, 4.69) is 104 Å². The van der Waals surface area contributed by atoms with Crippen LogP contribution in [-0.4, -0.2) is 193 Å². The van der Waals surface area contributed by atoms with Gasteiger partial charge in [-0.3, -0.25) is 4.79 Å². The van der Waals surface area contributed by atoms with Gasteiger partial charge in [-0.25, -0.2) is 0 Å². The highest BCUT2D eigenvalue weighted by Gasteiger charge is 2.53. The van der Waals surface area contributed by atoms with Crippen molar-refractivity contribution in [1.29, 1.82) is 0 Å². The Bertz CT molecular complexity index is 1840. The number of hydrogen-bond donors (Lipinski definition) is 12. The van der Waals surface area contributed by atoms with Crippen LogP contribution < -0.4 is 5.32 Å². The molecule has 0 aromatic heterocycles. The standard InChI is InChI=1S/C61H101NO18/c1-3-5-7-9-11-13-14-15-16-17-18-19-20-21-22-23-24-25-26-27-28-29-30-31-33-35-37-39-49(67)62-44(45(66)38-36-34-32-12-10-8-6-4-2)43-75-59-55(73)52(70)57(47(41-64)77-59)80-61-56(74)53(71)58(48(42-65)78-61)79-60-54(72)51(69)50(68)46(40-63)76-60/h5,7,10-13,15-16,18-19,21-22,24-25,36,38,44-48,50-61,63-66,68-74H,3-4,6,8-9,14,17,20,23,26-35,37,39-43H2,1-2H3,(H,62,67)/b7-5-,12-10+,13-11-,16-15-,19-18-,22-21-,25-24-,38-36+. The van der Waals surface area contributed by atoms with Crippen molar-refractivity contribution in [2.75, 3.05) is 26.4 Å². The fraction of sp³-hybridized carbons (Fsp3) is 0.721. The number of unbranched alkanes of at least 4 members (excludes halogenated alkanes) is 11. The Morgan fingerprint density at radius 1 is 0.463 bits per heavy atom. The van der Waals surface area contributed by atoms with Crippen molar-refractivity contribution in [2.45, 2.75) is 253 Å². The highest BCUT2D eigenvalue weighted by atomic mass is 16.8. The lowest BCUT2D eigenvalue weighted by Crippen LogP contribution is -2.66. The lowest BCUT2D eigenvalue weighted by atomic mass is 9.96. The fourth-order valence-corrected chi connectivity index (χ4v) is 9.25. The first kappa shape index (κ1) is 71.0. The second kappa shape index (κ2) is 43.4. The van der Waals surface area contributed by atoms with Crippen molar-refractivity contribution in [3.05, 3.63) is 97.2 Å². The van der Waals surface area contributed by atoms with Gasteiger partial charge >= 0.3 is 0 Å². The molecule has 3 fully saturated rings. The van der Waals surface area contributed by atoms with E-state index in [1.54, 1.807) is 6.08 Å².